The van der Waals surface area contributed by atoms with Crippen molar-refractivity contribution in [2.24, 2.45) is 0 Å². The molecule has 0 bridgehead atoms. The van der Waals surface area contributed by atoms with Crippen molar-refractivity contribution in [2.75, 3.05) is 17.2 Å². The highest BCUT2D eigenvalue weighted by Gasteiger charge is 2.14. The minimum atomic E-state index is -0.0476. The summed E-state index contributed by atoms with van der Waals surface area (Å²) in [6, 6.07) is 9.52. The minimum Gasteiger partial charge on any atom is -0.367 e. The number of carbonyl (C=O) groups excluding carboxylic acids is 1. The normalized spacial score (nSPS) is 10.3. The minimum absolute atomic E-state index is 0.0476. The van der Waals surface area contributed by atoms with Gasteiger partial charge in [0, 0.05) is 12.2 Å². The van der Waals surface area contributed by atoms with Crippen LogP contribution in [0.2, 0.25) is 0 Å². The number of nitrogen functional groups attached to an aromatic ring is 1. The predicted molar refractivity (Wildman–Crippen MR) is 68.9 cm³/mol. The lowest BCUT2D eigenvalue weighted by atomic mass is 10.3. The third-order valence-electron chi connectivity index (χ3n) is 2.54. The first-order valence-electron chi connectivity index (χ1n) is 5.71. The first-order chi connectivity index (χ1) is 8.70. The van der Waals surface area contributed by atoms with E-state index < -0.39 is 0 Å². The molecule has 0 aliphatic heterocycles. The van der Waals surface area contributed by atoms with Gasteiger partial charge in [-0.05, 0) is 19.1 Å². The lowest BCUT2D eigenvalue weighted by Crippen LogP contribution is -2.33. The number of aromatic nitrogens is 3. The molecule has 1 heterocycles. The third kappa shape index (κ3) is 2.65. The maximum Gasteiger partial charge on any atom is 0.248 e. The maximum absolute atomic E-state index is 12.1. The molecule has 2 rings (SSSR count). The van der Waals surface area contributed by atoms with E-state index in [4.69, 9.17) is 5.73 Å². The molecular weight excluding hydrogens is 230 g/mol. The van der Waals surface area contributed by atoms with Gasteiger partial charge in [0.05, 0.1) is 0 Å². The molecule has 2 aromatic rings. The zero-order chi connectivity index (χ0) is 13.0. The van der Waals surface area contributed by atoms with E-state index in [9.17, 15) is 4.79 Å². The Kier molecular flexibility index (Phi) is 3.57. The van der Waals surface area contributed by atoms with E-state index in [2.05, 4.69) is 10.1 Å². The number of rotatable bonds is 4. The number of anilines is 2. The summed E-state index contributed by atoms with van der Waals surface area (Å²) >= 11 is 0. The number of hydrogen-bond donors (Lipinski definition) is 1. The fourth-order valence-electron chi connectivity index (χ4n) is 1.72. The monoisotopic (exact) mass is 245 g/mol. The largest absolute Gasteiger partial charge is 0.367 e. The van der Waals surface area contributed by atoms with Crippen molar-refractivity contribution in [3.8, 4) is 0 Å². The van der Waals surface area contributed by atoms with Crippen LogP contribution in [0.15, 0.2) is 36.7 Å². The molecule has 2 N–H and O–H groups in total. The Bertz CT molecular complexity index is 522. The molecule has 6 heteroatoms. The van der Waals surface area contributed by atoms with Gasteiger partial charge in [0.1, 0.15) is 12.9 Å². The zero-order valence-electron chi connectivity index (χ0n) is 10.2. The van der Waals surface area contributed by atoms with Gasteiger partial charge in [-0.15, -0.1) is 5.10 Å². The van der Waals surface area contributed by atoms with Crippen LogP contribution in [0.3, 0.4) is 0 Å². The van der Waals surface area contributed by atoms with Crippen LogP contribution in [-0.4, -0.2) is 27.2 Å². The molecule has 0 atom stereocenters. The number of carbonyl (C=O) groups is 1. The highest BCUT2D eigenvalue weighted by molar-refractivity contribution is 5.93. The van der Waals surface area contributed by atoms with Gasteiger partial charge in [0.15, 0.2) is 0 Å². The molecule has 0 radical (unpaired) electrons. The molecule has 1 aromatic heterocycles. The van der Waals surface area contributed by atoms with Gasteiger partial charge in [-0.1, -0.05) is 18.2 Å². The standard InChI is InChI=1S/C12H15N5O/c1-2-17(10-6-4-3-5-7-10)11(18)8-16-9-14-12(13)15-16/h3-7,9H,2,8H2,1H3,(H2,13,15). The van der Waals surface area contributed by atoms with E-state index in [1.165, 1.54) is 11.0 Å². The molecule has 0 saturated heterocycles. The second-order valence-electron chi connectivity index (χ2n) is 3.77. The third-order valence-corrected chi connectivity index (χ3v) is 2.54. The number of likely N-dealkylation sites (N-methyl/N-ethyl adjacent to an activating group) is 1. The molecule has 0 unspecified atom stereocenters. The molecule has 0 spiro atoms. The summed E-state index contributed by atoms with van der Waals surface area (Å²) in [6.07, 6.45) is 1.45. The van der Waals surface area contributed by atoms with Crippen LogP contribution >= 0.6 is 0 Å². The Morgan fingerprint density at radius 2 is 2.11 bits per heavy atom. The van der Waals surface area contributed by atoms with E-state index >= 15 is 0 Å². The molecule has 94 valence electrons. The van der Waals surface area contributed by atoms with Crippen LogP contribution in [0.4, 0.5) is 11.6 Å². The number of nitrogens with zero attached hydrogens (tertiary/aromatic N) is 4. The Labute approximate surface area is 105 Å². The number of hydrogen-bond acceptors (Lipinski definition) is 4. The molecule has 1 amide bonds. The van der Waals surface area contributed by atoms with Gasteiger partial charge in [0.25, 0.3) is 0 Å². The molecular formula is C12H15N5O. The zero-order valence-corrected chi connectivity index (χ0v) is 10.2. The van der Waals surface area contributed by atoms with E-state index in [0.29, 0.717) is 6.54 Å². The number of amides is 1. The lowest BCUT2D eigenvalue weighted by Gasteiger charge is -2.20. The average Bonchev–Trinajstić information content (AvgIpc) is 2.77. The van der Waals surface area contributed by atoms with Crippen molar-refractivity contribution in [2.45, 2.75) is 13.5 Å². The SMILES string of the molecule is CCN(C(=O)Cn1cnc(N)n1)c1ccccc1. The summed E-state index contributed by atoms with van der Waals surface area (Å²) in [6.45, 7) is 2.67. The van der Waals surface area contributed by atoms with Crippen LogP contribution < -0.4 is 10.6 Å². The summed E-state index contributed by atoms with van der Waals surface area (Å²) in [7, 11) is 0. The first kappa shape index (κ1) is 12.1. The van der Waals surface area contributed by atoms with Crippen molar-refractivity contribution >= 4 is 17.5 Å². The molecule has 0 aliphatic carbocycles. The Hall–Kier alpha value is -2.37. The van der Waals surface area contributed by atoms with Gasteiger partial charge in [0.2, 0.25) is 11.9 Å². The van der Waals surface area contributed by atoms with Crippen LogP contribution in [0, 0.1) is 0 Å². The predicted octanol–water partition coefficient (Wildman–Crippen LogP) is 0.913. The quantitative estimate of drug-likeness (QED) is 0.868. The van der Waals surface area contributed by atoms with Crippen molar-refractivity contribution in [3.63, 3.8) is 0 Å². The molecule has 0 aliphatic rings. The number of para-hydroxylation sites is 1. The van der Waals surface area contributed by atoms with Crippen LogP contribution in [-0.2, 0) is 11.3 Å². The fraction of sp³-hybridized carbons (Fsp3) is 0.250. The van der Waals surface area contributed by atoms with E-state index in [0.717, 1.165) is 5.69 Å². The first-order valence-corrected chi connectivity index (χ1v) is 5.71. The van der Waals surface area contributed by atoms with Crippen LogP contribution in [0.5, 0.6) is 0 Å². The summed E-state index contributed by atoms with van der Waals surface area (Å²) < 4.78 is 1.43. The smallest absolute Gasteiger partial charge is 0.248 e. The van der Waals surface area contributed by atoms with Gasteiger partial charge in [-0.2, -0.15) is 0 Å². The van der Waals surface area contributed by atoms with E-state index in [1.54, 1.807) is 4.90 Å². The Balaban J connectivity index is 2.11. The highest BCUT2D eigenvalue weighted by Crippen LogP contribution is 2.13. The van der Waals surface area contributed by atoms with Crippen molar-refractivity contribution in [3.05, 3.63) is 36.7 Å². The van der Waals surface area contributed by atoms with Crippen LogP contribution in [0.25, 0.3) is 0 Å². The second kappa shape index (κ2) is 5.31. The average molecular weight is 245 g/mol. The summed E-state index contributed by atoms with van der Waals surface area (Å²) in [5.74, 6) is 0.124. The van der Waals surface area contributed by atoms with Gasteiger partial charge >= 0.3 is 0 Å². The maximum atomic E-state index is 12.1. The lowest BCUT2D eigenvalue weighted by molar-refractivity contribution is -0.119. The van der Waals surface area contributed by atoms with Gasteiger partial charge in [-0.25, -0.2) is 9.67 Å². The summed E-state index contributed by atoms with van der Waals surface area (Å²) in [5, 5.41) is 3.90. The molecule has 6 nitrogen and oxygen atoms in total. The number of nitrogens with two attached hydrogens (primary N) is 1. The number of benzene rings is 1. The van der Waals surface area contributed by atoms with Crippen LogP contribution in [0.1, 0.15) is 6.92 Å². The highest BCUT2D eigenvalue weighted by atomic mass is 16.2. The fourth-order valence-corrected chi connectivity index (χ4v) is 1.72. The van der Waals surface area contributed by atoms with Crippen molar-refractivity contribution in [1.82, 2.24) is 14.8 Å². The molecule has 18 heavy (non-hydrogen) atoms. The molecule has 1 aromatic carbocycles. The van der Waals surface area contributed by atoms with Gasteiger partial charge in [-0.3, -0.25) is 4.79 Å². The van der Waals surface area contributed by atoms with Crippen molar-refractivity contribution in [1.29, 1.82) is 0 Å². The summed E-state index contributed by atoms with van der Waals surface area (Å²) in [5.41, 5.74) is 6.28. The van der Waals surface area contributed by atoms with Gasteiger partial charge < -0.3 is 10.6 Å². The summed E-state index contributed by atoms with van der Waals surface area (Å²) in [4.78, 5) is 17.6. The second-order valence-corrected chi connectivity index (χ2v) is 3.77. The Morgan fingerprint density at radius 3 is 2.67 bits per heavy atom. The van der Waals surface area contributed by atoms with E-state index in [-0.39, 0.29) is 18.4 Å². The van der Waals surface area contributed by atoms with E-state index in [1.807, 2.05) is 37.3 Å². The molecule has 0 saturated carbocycles. The molecule has 0 fully saturated rings. The topological polar surface area (TPSA) is 77.0 Å². The Morgan fingerprint density at radius 1 is 1.39 bits per heavy atom. The van der Waals surface area contributed by atoms with Crippen molar-refractivity contribution < 1.29 is 4.79 Å².